The summed E-state index contributed by atoms with van der Waals surface area (Å²) >= 11 is 12.0. The molecule has 2 aromatic rings. The molecule has 0 spiro atoms. The maximum Gasteiger partial charge on any atom is 0.330 e. The molecule has 1 atom stereocenters. The van der Waals surface area contributed by atoms with Gasteiger partial charge in [0.15, 0.2) is 0 Å². The fourth-order valence-corrected chi connectivity index (χ4v) is 2.89. The van der Waals surface area contributed by atoms with Gasteiger partial charge in [-0.3, -0.25) is 4.79 Å². The number of methoxy groups -OCH3 is 1. The van der Waals surface area contributed by atoms with Crippen LogP contribution in [-0.2, 0) is 16.1 Å². The lowest BCUT2D eigenvalue weighted by Crippen LogP contribution is -2.50. The van der Waals surface area contributed by atoms with Gasteiger partial charge in [0, 0.05) is 6.54 Å². The van der Waals surface area contributed by atoms with Crippen LogP contribution in [0.1, 0.15) is 15.9 Å². The van der Waals surface area contributed by atoms with Gasteiger partial charge in [-0.05, 0) is 17.7 Å². The molecule has 0 saturated carbocycles. The lowest BCUT2D eigenvalue weighted by Gasteiger charge is -2.18. The van der Waals surface area contributed by atoms with E-state index in [-0.39, 0.29) is 22.2 Å². The fourth-order valence-electron chi connectivity index (χ4n) is 2.32. The van der Waals surface area contributed by atoms with E-state index >= 15 is 0 Å². The molecule has 148 valence electrons. The zero-order valence-electron chi connectivity index (χ0n) is 15.0. The molecule has 0 heterocycles. The van der Waals surface area contributed by atoms with E-state index in [0.29, 0.717) is 6.54 Å². The summed E-state index contributed by atoms with van der Waals surface area (Å²) in [6.45, 7) is 0.137. The molecule has 2 rings (SSSR count). The van der Waals surface area contributed by atoms with Gasteiger partial charge in [0.05, 0.1) is 29.3 Å². The second kappa shape index (κ2) is 10.5. The van der Waals surface area contributed by atoms with Crippen LogP contribution >= 0.6 is 23.2 Å². The van der Waals surface area contributed by atoms with Gasteiger partial charge in [-0.15, -0.1) is 0 Å². The molecule has 0 saturated heterocycles. The summed E-state index contributed by atoms with van der Waals surface area (Å²) in [6.07, 6.45) is 0. The number of urea groups is 1. The highest BCUT2D eigenvalue weighted by molar-refractivity contribution is 6.39. The summed E-state index contributed by atoms with van der Waals surface area (Å²) in [5.41, 5.74) is 0.956. The van der Waals surface area contributed by atoms with Crippen LogP contribution in [0.15, 0.2) is 48.5 Å². The van der Waals surface area contributed by atoms with Crippen LogP contribution in [0.3, 0.4) is 0 Å². The number of esters is 1. The molecule has 3 N–H and O–H groups in total. The van der Waals surface area contributed by atoms with Crippen LogP contribution in [-0.4, -0.2) is 37.6 Å². The first-order chi connectivity index (χ1) is 13.4. The van der Waals surface area contributed by atoms with Crippen LogP contribution in [0.5, 0.6) is 0 Å². The van der Waals surface area contributed by atoms with Crippen LogP contribution in [0.2, 0.25) is 10.0 Å². The van der Waals surface area contributed by atoms with Gasteiger partial charge >= 0.3 is 12.0 Å². The molecule has 0 aliphatic rings. The Bertz CT molecular complexity index is 826. The normalized spacial score (nSPS) is 11.2. The van der Waals surface area contributed by atoms with Crippen LogP contribution in [0.4, 0.5) is 4.79 Å². The zero-order valence-corrected chi connectivity index (χ0v) is 16.5. The van der Waals surface area contributed by atoms with Gasteiger partial charge in [-0.2, -0.15) is 0 Å². The Morgan fingerprint density at radius 3 is 2.21 bits per heavy atom. The van der Waals surface area contributed by atoms with Crippen molar-refractivity contribution in [2.24, 2.45) is 0 Å². The van der Waals surface area contributed by atoms with Crippen molar-refractivity contribution in [3.8, 4) is 0 Å². The number of hydrogen-bond acceptors (Lipinski definition) is 4. The van der Waals surface area contributed by atoms with Gasteiger partial charge in [0.1, 0.15) is 6.04 Å². The van der Waals surface area contributed by atoms with Crippen molar-refractivity contribution in [3.05, 3.63) is 69.7 Å². The maximum absolute atomic E-state index is 12.5. The molecule has 0 bridgehead atoms. The number of carbonyl (C=O) groups excluding carboxylic acids is 3. The second-order valence-electron chi connectivity index (χ2n) is 5.70. The average Bonchev–Trinajstić information content (AvgIpc) is 2.69. The van der Waals surface area contributed by atoms with E-state index in [0.717, 1.165) is 5.56 Å². The van der Waals surface area contributed by atoms with Gasteiger partial charge < -0.3 is 20.7 Å². The SMILES string of the molecule is COC(=O)[C@H](CNC(=O)NCc1ccccc1)NC(=O)c1c(Cl)cccc1Cl. The molecule has 28 heavy (non-hydrogen) atoms. The molecule has 0 radical (unpaired) electrons. The number of amides is 3. The highest BCUT2D eigenvalue weighted by atomic mass is 35.5. The molecule has 3 amide bonds. The highest BCUT2D eigenvalue weighted by Gasteiger charge is 2.25. The molecule has 0 unspecified atom stereocenters. The van der Waals surface area contributed by atoms with Crippen molar-refractivity contribution >= 4 is 41.1 Å². The number of ether oxygens (including phenoxy) is 1. The average molecular weight is 424 g/mol. The van der Waals surface area contributed by atoms with Crippen molar-refractivity contribution in [3.63, 3.8) is 0 Å². The topological polar surface area (TPSA) is 96.5 Å². The minimum Gasteiger partial charge on any atom is -0.467 e. The summed E-state index contributed by atoms with van der Waals surface area (Å²) in [5.74, 6) is -1.38. The van der Waals surface area contributed by atoms with Gasteiger partial charge in [0.25, 0.3) is 5.91 Å². The lowest BCUT2D eigenvalue weighted by molar-refractivity contribution is -0.142. The minimum atomic E-state index is -1.12. The van der Waals surface area contributed by atoms with E-state index in [1.807, 2.05) is 30.3 Å². The standard InChI is InChI=1S/C19H19Cl2N3O4/c1-28-18(26)15(24-17(25)16-13(20)8-5-9-14(16)21)11-23-19(27)22-10-12-6-3-2-4-7-12/h2-9,15H,10-11H2,1H3,(H,24,25)(H2,22,23,27)/t15-/m0/s1. The molecule has 0 fully saturated rings. The van der Waals surface area contributed by atoms with Crippen molar-refractivity contribution in [1.82, 2.24) is 16.0 Å². The van der Waals surface area contributed by atoms with Crippen molar-refractivity contribution in [2.45, 2.75) is 12.6 Å². The second-order valence-corrected chi connectivity index (χ2v) is 6.51. The Labute approximate surface area is 172 Å². The molecule has 0 aliphatic heterocycles. The summed E-state index contributed by atoms with van der Waals surface area (Å²) in [6, 6.07) is 12.3. The number of halogens is 2. The fraction of sp³-hybridized carbons (Fsp3) is 0.211. The molecular formula is C19H19Cl2N3O4. The predicted molar refractivity (Wildman–Crippen MR) is 106 cm³/mol. The Morgan fingerprint density at radius 1 is 0.964 bits per heavy atom. The number of carbonyl (C=O) groups is 3. The van der Waals surface area contributed by atoms with Crippen LogP contribution in [0.25, 0.3) is 0 Å². The molecule has 9 heteroatoms. The van der Waals surface area contributed by atoms with E-state index < -0.39 is 23.9 Å². The van der Waals surface area contributed by atoms with Crippen LogP contribution in [0, 0.1) is 0 Å². The van der Waals surface area contributed by atoms with E-state index in [4.69, 9.17) is 23.2 Å². The monoisotopic (exact) mass is 423 g/mol. The zero-order chi connectivity index (χ0) is 20.5. The first-order valence-electron chi connectivity index (χ1n) is 8.30. The van der Waals surface area contributed by atoms with E-state index in [2.05, 4.69) is 20.7 Å². The molecule has 0 aromatic heterocycles. The van der Waals surface area contributed by atoms with Crippen molar-refractivity contribution in [2.75, 3.05) is 13.7 Å². The van der Waals surface area contributed by atoms with Gasteiger partial charge in [-0.25, -0.2) is 9.59 Å². The maximum atomic E-state index is 12.5. The first-order valence-corrected chi connectivity index (χ1v) is 9.06. The predicted octanol–water partition coefficient (Wildman–Crippen LogP) is 2.76. The molecule has 7 nitrogen and oxygen atoms in total. The molecule has 2 aromatic carbocycles. The van der Waals surface area contributed by atoms with Crippen molar-refractivity contribution in [1.29, 1.82) is 0 Å². The van der Waals surface area contributed by atoms with Gasteiger partial charge in [0.2, 0.25) is 0 Å². The largest absolute Gasteiger partial charge is 0.467 e. The third-order valence-electron chi connectivity index (χ3n) is 3.74. The summed E-state index contributed by atoms with van der Waals surface area (Å²) in [5, 5.41) is 7.93. The smallest absolute Gasteiger partial charge is 0.330 e. The third-order valence-corrected chi connectivity index (χ3v) is 4.37. The Kier molecular flexibility index (Phi) is 8.10. The quantitative estimate of drug-likeness (QED) is 0.596. The minimum absolute atomic E-state index is 0.0354. The Hall–Kier alpha value is -2.77. The van der Waals surface area contributed by atoms with Crippen molar-refractivity contribution < 1.29 is 19.1 Å². The summed E-state index contributed by atoms with van der Waals surface area (Å²) in [4.78, 5) is 36.4. The van der Waals surface area contributed by atoms with E-state index in [1.54, 1.807) is 6.07 Å². The Balaban J connectivity index is 1.95. The highest BCUT2D eigenvalue weighted by Crippen LogP contribution is 2.24. The molecular weight excluding hydrogens is 405 g/mol. The Morgan fingerprint density at radius 2 is 1.61 bits per heavy atom. The third kappa shape index (κ3) is 6.14. The van der Waals surface area contributed by atoms with E-state index in [1.165, 1.54) is 19.2 Å². The first kappa shape index (κ1) is 21.5. The van der Waals surface area contributed by atoms with E-state index in [9.17, 15) is 14.4 Å². The number of rotatable bonds is 7. The number of benzene rings is 2. The summed E-state index contributed by atoms with van der Waals surface area (Å²) in [7, 11) is 1.18. The van der Waals surface area contributed by atoms with Crippen LogP contribution < -0.4 is 16.0 Å². The van der Waals surface area contributed by atoms with Gasteiger partial charge in [-0.1, -0.05) is 59.6 Å². The number of hydrogen-bond donors (Lipinski definition) is 3. The summed E-state index contributed by atoms with van der Waals surface area (Å²) < 4.78 is 4.68. The lowest BCUT2D eigenvalue weighted by atomic mass is 10.2. The number of nitrogens with one attached hydrogen (secondary N) is 3. The molecule has 0 aliphatic carbocycles.